The van der Waals surface area contributed by atoms with Gasteiger partial charge in [0.2, 0.25) is 5.56 Å². The molecule has 3 heterocycles. The maximum atomic E-state index is 13.6. The lowest BCUT2D eigenvalue weighted by Gasteiger charge is -2.34. The monoisotopic (exact) mass is 370 g/mol. The lowest BCUT2D eigenvalue weighted by atomic mass is 10.1. The van der Waals surface area contributed by atoms with E-state index in [2.05, 4.69) is 20.0 Å². The van der Waals surface area contributed by atoms with Crippen LogP contribution in [0.3, 0.4) is 0 Å². The third-order valence-electron chi connectivity index (χ3n) is 4.81. The molecule has 1 fully saturated rings. The second-order valence-electron chi connectivity index (χ2n) is 6.53. The Labute approximate surface area is 154 Å². The van der Waals surface area contributed by atoms with E-state index in [-0.39, 0.29) is 17.0 Å². The number of carbonyl (C=O) groups is 1. The highest BCUT2D eigenvalue weighted by molar-refractivity contribution is 6.06. The van der Waals surface area contributed by atoms with Gasteiger partial charge in [-0.25, -0.2) is 9.37 Å². The molecule has 27 heavy (non-hydrogen) atoms. The van der Waals surface area contributed by atoms with E-state index in [4.69, 9.17) is 0 Å². The van der Waals surface area contributed by atoms with Crippen LogP contribution in [-0.4, -0.2) is 68.2 Å². The first-order valence-electron chi connectivity index (χ1n) is 8.77. The van der Waals surface area contributed by atoms with Gasteiger partial charge in [-0.2, -0.15) is 5.10 Å². The first kappa shape index (κ1) is 17.3. The zero-order valence-electron chi connectivity index (χ0n) is 14.6. The van der Waals surface area contributed by atoms with Crippen molar-refractivity contribution in [2.75, 3.05) is 32.7 Å². The van der Waals surface area contributed by atoms with E-state index in [0.717, 1.165) is 26.2 Å². The highest BCUT2D eigenvalue weighted by Gasteiger charge is 2.24. The summed E-state index contributed by atoms with van der Waals surface area (Å²) in [6, 6.07) is 5.28. The van der Waals surface area contributed by atoms with Gasteiger partial charge in [0.15, 0.2) is 0 Å². The minimum Gasteiger partial charge on any atom is -0.336 e. The van der Waals surface area contributed by atoms with E-state index in [1.54, 1.807) is 15.9 Å². The number of pyridine rings is 1. The molecule has 0 atom stereocenters. The number of aromatic amines is 1. The highest BCUT2D eigenvalue weighted by Crippen LogP contribution is 2.19. The minimum atomic E-state index is -0.443. The van der Waals surface area contributed by atoms with Crippen molar-refractivity contribution in [2.24, 2.45) is 0 Å². The van der Waals surface area contributed by atoms with Gasteiger partial charge in [0.05, 0.1) is 12.1 Å². The third-order valence-corrected chi connectivity index (χ3v) is 4.81. The van der Waals surface area contributed by atoms with E-state index < -0.39 is 5.82 Å². The van der Waals surface area contributed by atoms with Crippen LogP contribution in [0.4, 0.5) is 4.39 Å². The standard InChI is InChI=1S/C18H19FN6O2/c19-13-1-2-16-14(9-13)15(10-17(26)22-16)18(27)24-6-3-23(4-7-24)5-8-25-12-20-11-21-25/h1-2,9-12H,3-8H2,(H,22,26). The summed E-state index contributed by atoms with van der Waals surface area (Å²) in [5.74, 6) is -0.686. The number of rotatable bonds is 4. The smallest absolute Gasteiger partial charge is 0.254 e. The second-order valence-corrected chi connectivity index (χ2v) is 6.53. The van der Waals surface area contributed by atoms with Crippen LogP contribution in [0.5, 0.6) is 0 Å². The molecule has 1 saturated heterocycles. The van der Waals surface area contributed by atoms with Crippen molar-refractivity contribution in [1.82, 2.24) is 29.5 Å². The van der Waals surface area contributed by atoms with Crippen LogP contribution in [0.25, 0.3) is 10.9 Å². The molecular formula is C18H19FN6O2. The molecule has 0 unspecified atom stereocenters. The van der Waals surface area contributed by atoms with Crippen molar-refractivity contribution in [3.63, 3.8) is 0 Å². The average Bonchev–Trinajstić information content (AvgIpc) is 3.19. The van der Waals surface area contributed by atoms with Gasteiger partial charge in [0.25, 0.3) is 5.91 Å². The van der Waals surface area contributed by atoms with E-state index in [9.17, 15) is 14.0 Å². The lowest BCUT2D eigenvalue weighted by Crippen LogP contribution is -2.49. The first-order chi connectivity index (χ1) is 13.1. The molecular weight excluding hydrogens is 351 g/mol. The van der Waals surface area contributed by atoms with Gasteiger partial charge in [0, 0.05) is 49.7 Å². The molecule has 8 nitrogen and oxygen atoms in total. The fourth-order valence-electron chi connectivity index (χ4n) is 3.34. The predicted octanol–water partition coefficient (Wildman–Crippen LogP) is 0.717. The fraction of sp³-hybridized carbons (Fsp3) is 0.333. The molecule has 0 spiro atoms. The summed E-state index contributed by atoms with van der Waals surface area (Å²) >= 11 is 0. The average molecular weight is 370 g/mol. The summed E-state index contributed by atoms with van der Waals surface area (Å²) in [6.07, 6.45) is 3.18. The predicted molar refractivity (Wildman–Crippen MR) is 96.9 cm³/mol. The number of nitrogens with one attached hydrogen (secondary N) is 1. The van der Waals surface area contributed by atoms with Crippen molar-refractivity contribution in [2.45, 2.75) is 6.54 Å². The number of halogens is 1. The van der Waals surface area contributed by atoms with Crippen LogP contribution in [0.15, 0.2) is 41.7 Å². The SMILES string of the molecule is O=C(c1cc(=O)[nH]c2ccc(F)cc12)N1CCN(CCn2cncn2)CC1. The van der Waals surface area contributed by atoms with Crippen molar-refractivity contribution in [3.05, 3.63) is 58.7 Å². The molecule has 9 heteroatoms. The van der Waals surface area contributed by atoms with Crippen molar-refractivity contribution < 1.29 is 9.18 Å². The lowest BCUT2D eigenvalue weighted by molar-refractivity contribution is 0.0633. The molecule has 140 valence electrons. The molecule has 1 amide bonds. The summed E-state index contributed by atoms with van der Waals surface area (Å²) in [4.78, 5) is 35.3. The van der Waals surface area contributed by atoms with Crippen LogP contribution in [0.2, 0.25) is 0 Å². The Morgan fingerprint density at radius 2 is 1.96 bits per heavy atom. The van der Waals surface area contributed by atoms with Crippen molar-refractivity contribution >= 4 is 16.8 Å². The van der Waals surface area contributed by atoms with Crippen LogP contribution >= 0.6 is 0 Å². The summed E-state index contributed by atoms with van der Waals surface area (Å²) in [5.41, 5.74) is 0.326. The Morgan fingerprint density at radius 1 is 1.15 bits per heavy atom. The van der Waals surface area contributed by atoms with E-state index in [1.807, 2.05) is 0 Å². The minimum absolute atomic E-state index is 0.240. The number of fused-ring (bicyclic) bond motifs is 1. The van der Waals surface area contributed by atoms with Gasteiger partial charge < -0.3 is 9.88 Å². The largest absolute Gasteiger partial charge is 0.336 e. The quantitative estimate of drug-likeness (QED) is 0.731. The first-order valence-corrected chi connectivity index (χ1v) is 8.77. The summed E-state index contributed by atoms with van der Waals surface area (Å²) in [6.45, 7) is 4.14. The fourth-order valence-corrected chi connectivity index (χ4v) is 3.34. The number of hydrogen-bond acceptors (Lipinski definition) is 5. The van der Waals surface area contributed by atoms with Crippen LogP contribution in [0, 0.1) is 5.82 Å². The van der Waals surface area contributed by atoms with Crippen molar-refractivity contribution in [3.8, 4) is 0 Å². The van der Waals surface area contributed by atoms with Gasteiger partial charge in [0.1, 0.15) is 18.5 Å². The summed E-state index contributed by atoms with van der Waals surface area (Å²) < 4.78 is 15.4. The van der Waals surface area contributed by atoms with E-state index in [0.29, 0.717) is 24.0 Å². The summed E-state index contributed by atoms with van der Waals surface area (Å²) in [7, 11) is 0. The Bertz CT molecular complexity index is 1010. The van der Waals surface area contributed by atoms with Gasteiger partial charge in [-0.05, 0) is 18.2 Å². The molecule has 0 radical (unpaired) electrons. The molecule has 3 aromatic rings. The Morgan fingerprint density at radius 3 is 2.70 bits per heavy atom. The molecule has 4 rings (SSSR count). The number of benzene rings is 1. The number of piperazine rings is 1. The molecule has 1 aliphatic rings. The number of aromatic nitrogens is 4. The number of amides is 1. The number of nitrogens with zero attached hydrogens (tertiary/aromatic N) is 5. The maximum Gasteiger partial charge on any atom is 0.254 e. The molecule has 1 aromatic carbocycles. The molecule has 1 aliphatic heterocycles. The van der Waals surface area contributed by atoms with Crippen LogP contribution < -0.4 is 5.56 Å². The van der Waals surface area contributed by atoms with Crippen molar-refractivity contribution in [1.29, 1.82) is 0 Å². The van der Waals surface area contributed by atoms with Gasteiger partial charge in [-0.3, -0.25) is 19.2 Å². The van der Waals surface area contributed by atoms with Gasteiger partial charge in [-0.15, -0.1) is 0 Å². The van der Waals surface area contributed by atoms with Gasteiger partial charge in [-0.1, -0.05) is 0 Å². The zero-order valence-corrected chi connectivity index (χ0v) is 14.6. The Balaban J connectivity index is 1.46. The molecule has 0 aliphatic carbocycles. The number of H-pyrrole nitrogens is 1. The normalized spacial score (nSPS) is 15.4. The maximum absolute atomic E-state index is 13.6. The highest BCUT2D eigenvalue weighted by atomic mass is 19.1. The molecule has 2 aromatic heterocycles. The summed E-state index contributed by atoms with van der Waals surface area (Å²) in [5, 5.41) is 4.50. The zero-order chi connectivity index (χ0) is 18.8. The Hall–Kier alpha value is -3.07. The number of carbonyl (C=O) groups excluding carboxylic acids is 1. The van der Waals surface area contributed by atoms with Crippen LogP contribution in [-0.2, 0) is 6.54 Å². The van der Waals surface area contributed by atoms with E-state index in [1.165, 1.54) is 30.6 Å². The Kier molecular flexibility index (Phi) is 4.68. The molecule has 0 saturated carbocycles. The number of hydrogen-bond donors (Lipinski definition) is 1. The second kappa shape index (κ2) is 7.28. The van der Waals surface area contributed by atoms with Gasteiger partial charge >= 0.3 is 0 Å². The third kappa shape index (κ3) is 3.72. The topological polar surface area (TPSA) is 87.1 Å². The molecule has 1 N–H and O–H groups in total. The van der Waals surface area contributed by atoms with E-state index >= 15 is 0 Å². The van der Waals surface area contributed by atoms with Crippen LogP contribution in [0.1, 0.15) is 10.4 Å². The molecule has 0 bridgehead atoms.